The lowest BCUT2D eigenvalue weighted by molar-refractivity contribution is -0.870. The molecule has 0 aromatic rings. The molecule has 448 valence electrons. The number of hydrogen-bond acceptors (Lipinski definition) is 8. The Labute approximate surface area is 480 Å². The van der Waals surface area contributed by atoms with Crippen molar-refractivity contribution in [2.75, 3.05) is 47.5 Å². The molecule has 0 aliphatic carbocycles. The van der Waals surface area contributed by atoms with E-state index in [4.69, 9.17) is 18.5 Å². The van der Waals surface area contributed by atoms with E-state index in [1.165, 1.54) is 128 Å². The predicted molar refractivity (Wildman–Crippen MR) is 332 cm³/mol. The summed E-state index contributed by atoms with van der Waals surface area (Å²) in [4.78, 5) is 37.8. The van der Waals surface area contributed by atoms with Crippen molar-refractivity contribution in [3.63, 3.8) is 0 Å². The zero-order chi connectivity index (χ0) is 57.0. The van der Waals surface area contributed by atoms with Crippen LogP contribution in [0.3, 0.4) is 0 Å². The molecule has 78 heavy (non-hydrogen) atoms. The van der Waals surface area contributed by atoms with Gasteiger partial charge in [0.2, 0.25) is 0 Å². The van der Waals surface area contributed by atoms with Gasteiger partial charge >= 0.3 is 11.9 Å². The van der Waals surface area contributed by atoms with Gasteiger partial charge in [0.05, 0.1) is 27.7 Å². The zero-order valence-electron chi connectivity index (χ0n) is 50.8. The molecule has 0 fully saturated rings. The number of nitrogens with zero attached hydrogens (tertiary/aromatic N) is 1. The lowest BCUT2D eigenvalue weighted by Gasteiger charge is -2.28. The van der Waals surface area contributed by atoms with Crippen molar-refractivity contribution >= 4 is 19.8 Å². The molecule has 0 saturated carbocycles. The molecule has 0 amide bonds. The van der Waals surface area contributed by atoms with E-state index in [9.17, 15) is 19.0 Å². The van der Waals surface area contributed by atoms with Crippen molar-refractivity contribution in [2.24, 2.45) is 0 Å². The highest BCUT2D eigenvalue weighted by atomic mass is 31.2. The number of carbonyl (C=O) groups excluding carboxylic acids is 2. The van der Waals surface area contributed by atoms with Crippen molar-refractivity contribution < 1.29 is 42.1 Å². The summed E-state index contributed by atoms with van der Waals surface area (Å²) < 4.78 is 34.1. The number of rotatable bonds is 57. The molecule has 0 bridgehead atoms. The standard InChI is InChI=1S/C68H118NO8P/c1-6-8-10-12-14-16-18-20-21-22-23-24-25-26-27-28-29-30-31-32-33-34-35-36-37-38-39-40-41-42-43-44-45-46-47-49-51-53-55-57-59-61-68(71)77-66(65-76-78(72,73)75-63-62-69(3,4)5)64-74-67(70)60-58-56-54-52-50-48-19-17-15-13-11-9-7-2/h8,10,14,16,20-21,23-24,26-27,29-30,32-33,35-36,38-39,66H,6-7,9,11-13,15,17-19,22,25,28,31,34,37,40-65H2,1-5H3/b10-8-,16-14-,21-20-,24-23-,27-26-,30-29-,33-32-,36-35-,39-38-. The molecule has 2 unspecified atom stereocenters. The van der Waals surface area contributed by atoms with Gasteiger partial charge in [-0.1, -0.05) is 271 Å². The van der Waals surface area contributed by atoms with E-state index in [1.54, 1.807) is 0 Å². The minimum absolute atomic E-state index is 0.0330. The third kappa shape index (κ3) is 61.9. The molecule has 0 radical (unpaired) electrons. The van der Waals surface area contributed by atoms with E-state index < -0.39 is 26.5 Å². The molecule has 0 heterocycles. The third-order valence-electron chi connectivity index (χ3n) is 13.3. The number of likely N-dealkylation sites (N-methyl/N-ethyl adjacent to an activating group) is 1. The average molecular weight is 1110 g/mol. The number of phosphoric acid groups is 1. The van der Waals surface area contributed by atoms with E-state index in [-0.39, 0.29) is 32.0 Å². The molecule has 0 aliphatic heterocycles. The van der Waals surface area contributed by atoms with Crippen LogP contribution in [0.5, 0.6) is 0 Å². The second-order valence-corrected chi connectivity index (χ2v) is 23.5. The van der Waals surface area contributed by atoms with Gasteiger partial charge in [0.25, 0.3) is 7.82 Å². The van der Waals surface area contributed by atoms with Crippen LogP contribution in [0.25, 0.3) is 0 Å². The van der Waals surface area contributed by atoms with Crippen LogP contribution in [-0.4, -0.2) is 70.0 Å². The van der Waals surface area contributed by atoms with Gasteiger partial charge in [-0.2, -0.15) is 0 Å². The Hall–Kier alpha value is -3.33. The minimum atomic E-state index is -4.64. The van der Waals surface area contributed by atoms with Crippen molar-refractivity contribution in [3.05, 3.63) is 109 Å². The summed E-state index contributed by atoms with van der Waals surface area (Å²) in [5.74, 6) is -0.832. The number of unbranched alkanes of at least 4 members (excludes halogenated alkanes) is 25. The summed E-state index contributed by atoms with van der Waals surface area (Å²) in [5.41, 5.74) is 0. The van der Waals surface area contributed by atoms with Crippen LogP contribution in [0.15, 0.2) is 109 Å². The highest BCUT2D eigenvalue weighted by Crippen LogP contribution is 2.38. The Kier molecular flexibility index (Phi) is 55.8. The molecule has 0 spiro atoms. The van der Waals surface area contributed by atoms with Gasteiger partial charge in [-0.05, 0) is 83.5 Å². The summed E-state index contributed by atoms with van der Waals surface area (Å²) in [7, 11) is 1.16. The topological polar surface area (TPSA) is 111 Å². The van der Waals surface area contributed by atoms with Gasteiger partial charge in [-0.15, -0.1) is 0 Å². The van der Waals surface area contributed by atoms with Crippen molar-refractivity contribution in [2.45, 2.75) is 264 Å². The highest BCUT2D eigenvalue weighted by Gasteiger charge is 2.22. The summed E-state index contributed by atoms with van der Waals surface area (Å²) in [6, 6.07) is 0. The number of allylic oxidation sites excluding steroid dienone is 18. The number of phosphoric ester groups is 1. The second-order valence-electron chi connectivity index (χ2n) is 22.0. The number of esters is 2. The van der Waals surface area contributed by atoms with Gasteiger partial charge in [0, 0.05) is 12.8 Å². The van der Waals surface area contributed by atoms with Crippen LogP contribution in [0.2, 0.25) is 0 Å². The largest absolute Gasteiger partial charge is 0.756 e. The third-order valence-corrected chi connectivity index (χ3v) is 14.3. The lowest BCUT2D eigenvalue weighted by atomic mass is 10.0. The fourth-order valence-corrected chi connectivity index (χ4v) is 9.20. The lowest BCUT2D eigenvalue weighted by Crippen LogP contribution is -2.37. The first-order valence-corrected chi connectivity index (χ1v) is 33.1. The highest BCUT2D eigenvalue weighted by molar-refractivity contribution is 7.45. The molecule has 0 aromatic carbocycles. The molecule has 2 atom stereocenters. The summed E-state index contributed by atoms with van der Waals surface area (Å²) in [6.07, 6.45) is 81.6. The monoisotopic (exact) mass is 1110 g/mol. The van der Waals surface area contributed by atoms with E-state index in [2.05, 4.69) is 123 Å². The molecule has 0 aromatic heterocycles. The molecule has 9 nitrogen and oxygen atoms in total. The predicted octanol–water partition coefficient (Wildman–Crippen LogP) is 19.5. The van der Waals surface area contributed by atoms with Crippen LogP contribution >= 0.6 is 7.82 Å². The van der Waals surface area contributed by atoms with Crippen LogP contribution in [-0.2, 0) is 32.7 Å². The molecule has 0 rings (SSSR count). The maximum absolute atomic E-state index is 12.8. The van der Waals surface area contributed by atoms with Crippen molar-refractivity contribution in [3.8, 4) is 0 Å². The van der Waals surface area contributed by atoms with E-state index >= 15 is 0 Å². The zero-order valence-corrected chi connectivity index (χ0v) is 51.7. The second kappa shape index (κ2) is 58.3. The first-order chi connectivity index (χ1) is 38.0. The fraction of sp³-hybridized carbons (Fsp3) is 0.706. The Morgan fingerprint density at radius 1 is 0.410 bits per heavy atom. The fourth-order valence-electron chi connectivity index (χ4n) is 8.47. The van der Waals surface area contributed by atoms with E-state index in [0.717, 1.165) is 96.3 Å². The number of hydrogen-bond donors (Lipinski definition) is 0. The normalized spacial score (nSPS) is 14.0. The molecule has 0 N–H and O–H groups in total. The van der Waals surface area contributed by atoms with Crippen molar-refractivity contribution in [1.29, 1.82) is 0 Å². The van der Waals surface area contributed by atoms with Gasteiger partial charge < -0.3 is 27.9 Å². The molecular weight excluding hydrogens is 990 g/mol. The first-order valence-electron chi connectivity index (χ1n) is 31.6. The van der Waals surface area contributed by atoms with Crippen LogP contribution in [0.1, 0.15) is 258 Å². The van der Waals surface area contributed by atoms with E-state index in [0.29, 0.717) is 17.4 Å². The molecule has 0 aliphatic rings. The smallest absolute Gasteiger partial charge is 0.306 e. The van der Waals surface area contributed by atoms with Crippen molar-refractivity contribution in [1.82, 2.24) is 0 Å². The Morgan fingerprint density at radius 3 is 1.09 bits per heavy atom. The van der Waals surface area contributed by atoms with Crippen LogP contribution in [0, 0.1) is 0 Å². The average Bonchev–Trinajstić information content (AvgIpc) is 3.40. The summed E-state index contributed by atoms with van der Waals surface area (Å²) in [6.45, 7) is 4.13. The molecule has 10 heteroatoms. The van der Waals surface area contributed by atoms with E-state index in [1.807, 2.05) is 21.1 Å². The van der Waals surface area contributed by atoms with Gasteiger partial charge in [-0.25, -0.2) is 0 Å². The molecular formula is C68H118NO8P. The number of ether oxygens (including phenoxy) is 2. The Morgan fingerprint density at radius 2 is 0.731 bits per heavy atom. The Bertz CT molecular complexity index is 1680. The minimum Gasteiger partial charge on any atom is -0.756 e. The maximum atomic E-state index is 12.8. The Balaban J connectivity index is 4.01. The van der Waals surface area contributed by atoms with Gasteiger partial charge in [0.1, 0.15) is 19.8 Å². The van der Waals surface area contributed by atoms with Crippen LogP contribution < -0.4 is 4.89 Å². The molecule has 0 saturated heterocycles. The first kappa shape index (κ1) is 74.7. The SMILES string of the molecule is CC/C=C\C/C=C\C/C=C\C/C=C\C/C=C\C/C=C\C/C=C\C/C=C\C/C=C\CCCCCCCCCCCCCCCC(=O)OC(COC(=O)CCCCCCCCCCCCCCC)COP(=O)([O-])OCC[N+](C)(C)C. The summed E-state index contributed by atoms with van der Waals surface area (Å²) in [5, 5.41) is 0. The number of carbonyl (C=O) groups is 2. The van der Waals surface area contributed by atoms with Crippen LogP contribution in [0.4, 0.5) is 0 Å². The maximum Gasteiger partial charge on any atom is 0.306 e. The van der Waals surface area contributed by atoms with Gasteiger partial charge in [-0.3, -0.25) is 14.2 Å². The summed E-state index contributed by atoms with van der Waals surface area (Å²) >= 11 is 0. The van der Waals surface area contributed by atoms with Gasteiger partial charge in [0.15, 0.2) is 6.10 Å². The number of quaternary nitrogens is 1. The quantitative estimate of drug-likeness (QED) is 0.0195.